The molecule has 0 aromatic heterocycles. The molecule has 3 heteroatoms. The molecule has 3 nitrogen and oxygen atoms in total. The summed E-state index contributed by atoms with van der Waals surface area (Å²) in [6.07, 6.45) is 0.782. The maximum atomic E-state index is 9.75. The van der Waals surface area contributed by atoms with Crippen molar-refractivity contribution in [3.8, 4) is 0 Å². The van der Waals surface area contributed by atoms with E-state index in [2.05, 4.69) is 13.8 Å². The first kappa shape index (κ1) is 12.0. The van der Waals surface area contributed by atoms with E-state index in [4.69, 9.17) is 4.74 Å². The summed E-state index contributed by atoms with van der Waals surface area (Å²) >= 11 is 0. The average molecular weight is 202 g/mol. The van der Waals surface area contributed by atoms with Crippen LogP contribution in [0.4, 0.5) is 0 Å². The van der Waals surface area contributed by atoms with Crippen LogP contribution in [0.3, 0.4) is 0 Å². The molecule has 1 saturated heterocycles. The SMILES string of the molecule is CC(C)C1CCC(C(C)(C)O)OC1O. The number of aliphatic hydroxyl groups is 2. The van der Waals surface area contributed by atoms with Crippen molar-refractivity contribution in [3.05, 3.63) is 0 Å². The molecule has 0 aliphatic carbocycles. The van der Waals surface area contributed by atoms with Crippen LogP contribution in [0.5, 0.6) is 0 Å². The fourth-order valence-electron chi connectivity index (χ4n) is 2.01. The van der Waals surface area contributed by atoms with Crippen LogP contribution >= 0.6 is 0 Å². The lowest BCUT2D eigenvalue weighted by atomic mass is 9.84. The second kappa shape index (κ2) is 4.17. The Morgan fingerprint density at radius 3 is 2.21 bits per heavy atom. The largest absolute Gasteiger partial charge is 0.388 e. The Bertz CT molecular complexity index is 183. The number of aliphatic hydroxyl groups excluding tert-OH is 1. The summed E-state index contributed by atoms with van der Waals surface area (Å²) in [4.78, 5) is 0. The predicted molar refractivity (Wildman–Crippen MR) is 54.7 cm³/mol. The highest BCUT2D eigenvalue weighted by molar-refractivity contribution is 4.84. The molecule has 1 aliphatic heterocycles. The minimum atomic E-state index is -0.858. The number of ether oxygens (including phenoxy) is 1. The molecule has 0 saturated carbocycles. The van der Waals surface area contributed by atoms with Crippen LogP contribution in [0.2, 0.25) is 0 Å². The Balaban J connectivity index is 2.55. The zero-order valence-electron chi connectivity index (χ0n) is 9.53. The molecule has 0 aromatic rings. The molecular weight excluding hydrogens is 180 g/mol. The van der Waals surface area contributed by atoms with Gasteiger partial charge in [0, 0.05) is 5.92 Å². The molecule has 14 heavy (non-hydrogen) atoms. The van der Waals surface area contributed by atoms with Crippen LogP contribution in [-0.2, 0) is 4.74 Å². The number of hydrogen-bond donors (Lipinski definition) is 2. The van der Waals surface area contributed by atoms with Crippen molar-refractivity contribution in [1.29, 1.82) is 0 Å². The third-order valence-electron chi connectivity index (χ3n) is 3.08. The maximum Gasteiger partial charge on any atom is 0.158 e. The molecule has 0 spiro atoms. The fraction of sp³-hybridized carbons (Fsp3) is 1.00. The molecule has 1 fully saturated rings. The van der Waals surface area contributed by atoms with Gasteiger partial charge in [-0.15, -0.1) is 0 Å². The summed E-state index contributed by atoms with van der Waals surface area (Å²) < 4.78 is 5.43. The molecular formula is C11H22O3. The third kappa shape index (κ3) is 2.69. The summed E-state index contributed by atoms with van der Waals surface area (Å²) in [6.45, 7) is 7.61. The Morgan fingerprint density at radius 2 is 1.86 bits per heavy atom. The van der Waals surface area contributed by atoms with Gasteiger partial charge in [-0.05, 0) is 32.6 Å². The van der Waals surface area contributed by atoms with Gasteiger partial charge in [-0.2, -0.15) is 0 Å². The average Bonchev–Trinajstić information content (AvgIpc) is 2.01. The van der Waals surface area contributed by atoms with Gasteiger partial charge in [0.25, 0.3) is 0 Å². The smallest absolute Gasteiger partial charge is 0.158 e. The highest BCUT2D eigenvalue weighted by Crippen LogP contribution is 2.33. The van der Waals surface area contributed by atoms with E-state index in [1.165, 1.54) is 0 Å². The number of hydrogen-bond acceptors (Lipinski definition) is 3. The number of rotatable bonds is 2. The molecule has 1 aliphatic rings. The molecule has 1 rings (SSSR count). The molecule has 0 aromatic carbocycles. The van der Waals surface area contributed by atoms with Gasteiger partial charge in [0.2, 0.25) is 0 Å². The van der Waals surface area contributed by atoms with E-state index in [-0.39, 0.29) is 12.0 Å². The minimum absolute atomic E-state index is 0.202. The van der Waals surface area contributed by atoms with E-state index in [1.807, 2.05) is 0 Å². The topological polar surface area (TPSA) is 49.7 Å². The zero-order valence-corrected chi connectivity index (χ0v) is 9.53. The van der Waals surface area contributed by atoms with Crippen molar-refractivity contribution in [2.24, 2.45) is 11.8 Å². The predicted octanol–water partition coefficient (Wildman–Crippen LogP) is 1.53. The lowest BCUT2D eigenvalue weighted by Gasteiger charge is -2.40. The molecule has 3 atom stereocenters. The molecule has 2 N–H and O–H groups in total. The van der Waals surface area contributed by atoms with Gasteiger partial charge in [-0.25, -0.2) is 0 Å². The van der Waals surface area contributed by atoms with Gasteiger partial charge in [0.1, 0.15) is 0 Å². The molecule has 0 radical (unpaired) electrons. The maximum absolute atomic E-state index is 9.75. The van der Waals surface area contributed by atoms with E-state index < -0.39 is 11.9 Å². The van der Waals surface area contributed by atoms with Gasteiger partial charge in [0.15, 0.2) is 6.29 Å². The van der Waals surface area contributed by atoms with Gasteiger partial charge < -0.3 is 14.9 Å². The van der Waals surface area contributed by atoms with Crippen molar-refractivity contribution in [3.63, 3.8) is 0 Å². The van der Waals surface area contributed by atoms with Crippen molar-refractivity contribution in [2.75, 3.05) is 0 Å². The monoisotopic (exact) mass is 202 g/mol. The van der Waals surface area contributed by atoms with Crippen LogP contribution in [0.25, 0.3) is 0 Å². The first-order chi connectivity index (χ1) is 6.32. The van der Waals surface area contributed by atoms with Crippen molar-refractivity contribution < 1.29 is 14.9 Å². The first-order valence-corrected chi connectivity index (χ1v) is 5.38. The Hall–Kier alpha value is -0.120. The van der Waals surface area contributed by atoms with Gasteiger partial charge >= 0.3 is 0 Å². The van der Waals surface area contributed by atoms with Crippen LogP contribution in [0.1, 0.15) is 40.5 Å². The second-order valence-electron chi connectivity index (χ2n) is 5.15. The van der Waals surface area contributed by atoms with Gasteiger partial charge in [0.05, 0.1) is 11.7 Å². The Kier molecular flexibility index (Phi) is 3.56. The second-order valence-corrected chi connectivity index (χ2v) is 5.15. The van der Waals surface area contributed by atoms with E-state index in [0.29, 0.717) is 5.92 Å². The molecule has 84 valence electrons. The summed E-state index contributed by atoms with van der Waals surface area (Å²) in [7, 11) is 0. The molecule has 0 bridgehead atoms. The Morgan fingerprint density at radius 1 is 1.29 bits per heavy atom. The fourth-order valence-corrected chi connectivity index (χ4v) is 2.01. The van der Waals surface area contributed by atoms with Gasteiger partial charge in [-0.1, -0.05) is 13.8 Å². The van der Waals surface area contributed by atoms with E-state index in [1.54, 1.807) is 13.8 Å². The zero-order chi connectivity index (χ0) is 10.9. The standard InChI is InChI=1S/C11H22O3/c1-7(2)8-5-6-9(11(3,4)13)14-10(8)12/h7-10,12-13H,5-6H2,1-4H3. The van der Waals surface area contributed by atoms with Gasteiger partial charge in [-0.3, -0.25) is 0 Å². The summed E-state index contributed by atoms with van der Waals surface area (Å²) in [5, 5.41) is 19.5. The third-order valence-corrected chi connectivity index (χ3v) is 3.08. The first-order valence-electron chi connectivity index (χ1n) is 5.38. The molecule has 3 unspecified atom stereocenters. The van der Waals surface area contributed by atoms with Crippen LogP contribution < -0.4 is 0 Å². The van der Waals surface area contributed by atoms with Crippen molar-refractivity contribution in [1.82, 2.24) is 0 Å². The summed E-state index contributed by atoms with van der Waals surface area (Å²) in [6, 6.07) is 0. The highest BCUT2D eigenvalue weighted by atomic mass is 16.6. The molecule has 0 amide bonds. The lowest BCUT2D eigenvalue weighted by molar-refractivity contribution is -0.239. The molecule has 1 heterocycles. The van der Waals surface area contributed by atoms with Crippen molar-refractivity contribution >= 4 is 0 Å². The minimum Gasteiger partial charge on any atom is -0.388 e. The summed E-state index contributed by atoms with van der Waals surface area (Å²) in [5.74, 6) is 0.626. The summed E-state index contributed by atoms with van der Waals surface area (Å²) in [5.41, 5.74) is -0.858. The van der Waals surface area contributed by atoms with E-state index in [9.17, 15) is 10.2 Å². The van der Waals surface area contributed by atoms with Crippen LogP contribution in [0.15, 0.2) is 0 Å². The normalized spacial score (nSPS) is 34.9. The van der Waals surface area contributed by atoms with Crippen LogP contribution in [-0.4, -0.2) is 28.2 Å². The quantitative estimate of drug-likeness (QED) is 0.714. The Labute approximate surface area is 86.1 Å². The van der Waals surface area contributed by atoms with E-state index in [0.717, 1.165) is 12.8 Å². The lowest BCUT2D eigenvalue weighted by Crippen LogP contribution is -2.47. The van der Waals surface area contributed by atoms with E-state index >= 15 is 0 Å². The van der Waals surface area contributed by atoms with Crippen molar-refractivity contribution in [2.45, 2.75) is 58.5 Å². The van der Waals surface area contributed by atoms with Crippen LogP contribution in [0, 0.1) is 11.8 Å². The highest BCUT2D eigenvalue weighted by Gasteiger charge is 2.38.